The monoisotopic (exact) mass is 208 g/mol. The lowest BCUT2D eigenvalue weighted by atomic mass is 10.1. The lowest BCUT2D eigenvalue weighted by molar-refractivity contribution is 0.100. The number of fused-ring (bicyclic) bond motifs is 1. The van der Waals surface area contributed by atoms with Gasteiger partial charge >= 0.3 is 0 Å². The maximum atomic E-state index is 11.0. The Morgan fingerprint density at radius 1 is 1.29 bits per heavy atom. The average Bonchev–Trinajstić information content (AvgIpc) is 2.17. The van der Waals surface area contributed by atoms with Gasteiger partial charge in [-0.05, 0) is 17.5 Å². The fraction of sp³-hybridized carbons (Fsp3) is 0. The lowest BCUT2D eigenvalue weighted by Crippen LogP contribution is -2.11. The van der Waals surface area contributed by atoms with E-state index in [1.807, 2.05) is 6.07 Å². The third-order valence-corrected chi connectivity index (χ3v) is 1.95. The maximum absolute atomic E-state index is 11.0. The Hall–Kier alpha value is -1.61. The van der Waals surface area contributed by atoms with Gasteiger partial charge in [-0.3, -0.25) is 9.78 Å². The fourth-order valence-electron chi connectivity index (χ4n) is 1.34. The molecule has 72 valence electrons. The highest BCUT2D eigenvalue weighted by molar-refractivity contribution is 6.05. The van der Waals surface area contributed by atoms with E-state index in [0.717, 1.165) is 10.8 Å². The summed E-state index contributed by atoms with van der Waals surface area (Å²) in [5.74, 6) is -0.406. The van der Waals surface area contributed by atoms with Gasteiger partial charge < -0.3 is 5.73 Å². The van der Waals surface area contributed by atoms with Gasteiger partial charge in [0.05, 0.1) is 0 Å². The zero-order valence-corrected chi connectivity index (χ0v) is 8.12. The Kier molecular flexibility index (Phi) is 3.04. The minimum absolute atomic E-state index is 0. The molecule has 0 spiro atoms. The molecule has 4 heteroatoms. The Morgan fingerprint density at radius 3 is 2.79 bits per heavy atom. The summed E-state index contributed by atoms with van der Waals surface area (Å²) in [5, 5.41) is 1.78. The first kappa shape index (κ1) is 10.5. The molecule has 2 rings (SSSR count). The number of halogens is 1. The van der Waals surface area contributed by atoms with Crippen LogP contribution in [-0.4, -0.2) is 10.9 Å². The molecule has 0 saturated heterocycles. The standard InChI is InChI=1S/C10H8N2O.ClH/c11-10(13)9-3-1-2-7-6-12-5-4-8(7)9;/h1-6H,(H2,11,13);1H. The molecule has 0 aliphatic heterocycles. The summed E-state index contributed by atoms with van der Waals surface area (Å²) in [4.78, 5) is 15.0. The normalized spacial score (nSPS) is 9.43. The first-order chi connectivity index (χ1) is 6.29. The largest absolute Gasteiger partial charge is 0.366 e. The van der Waals surface area contributed by atoms with Crippen molar-refractivity contribution in [3.8, 4) is 0 Å². The van der Waals surface area contributed by atoms with Crippen molar-refractivity contribution in [2.75, 3.05) is 0 Å². The van der Waals surface area contributed by atoms with E-state index in [1.54, 1.807) is 30.6 Å². The zero-order valence-electron chi connectivity index (χ0n) is 7.31. The summed E-state index contributed by atoms with van der Waals surface area (Å²) >= 11 is 0. The van der Waals surface area contributed by atoms with Crippen LogP contribution in [0.2, 0.25) is 0 Å². The third kappa shape index (κ3) is 1.67. The van der Waals surface area contributed by atoms with Crippen LogP contribution in [0.25, 0.3) is 10.8 Å². The number of hydrogen-bond acceptors (Lipinski definition) is 2. The zero-order chi connectivity index (χ0) is 9.26. The predicted octanol–water partition coefficient (Wildman–Crippen LogP) is 1.76. The van der Waals surface area contributed by atoms with Crippen molar-refractivity contribution >= 4 is 29.1 Å². The van der Waals surface area contributed by atoms with Crippen molar-refractivity contribution < 1.29 is 4.79 Å². The maximum Gasteiger partial charge on any atom is 0.249 e. The molecule has 0 aliphatic rings. The van der Waals surface area contributed by atoms with Crippen molar-refractivity contribution in [3.63, 3.8) is 0 Å². The Bertz CT molecular complexity index is 465. The molecule has 0 radical (unpaired) electrons. The summed E-state index contributed by atoms with van der Waals surface area (Å²) in [7, 11) is 0. The van der Waals surface area contributed by atoms with Crippen LogP contribution in [-0.2, 0) is 0 Å². The third-order valence-electron chi connectivity index (χ3n) is 1.95. The number of carbonyl (C=O) groups excluding carboxylic acids is 1. The Labute approximate surface area is 87.4 Å². The molecule has 14 heavy (non-hydrogen) atoms. The van der Waals surface area contributed by atoms with Gasteiger partial charge in [-0.1, -0.05) is 12.1 Å². The number of nitrogens with two attached hydrogens (primary N) is 1. The molecular formula is C10H9ClN2O. The predicted molar refractivity (Wildman–Crippen MR) is 57.5 cm³/mol. The molecule has 3 nitrogen and oxygen atoms in total. The second-order valence-electron chi connectivity index (χ2n) is 2.77. The Balaban J connectivity index is 0.000000980. The van der Waals surface area contributed by atoms with E-state index in [0.29, 0.717) is 5.56 Å². The molecule has 0 bridgehead atoms. The number of carbonyl (C=O) groups is 1. The molecule has 1 aromatic heterocycles. The van der Waals surface area contributed by atoms with E-state index in [-0.39, 0.29) is 12.4 Å². The number of aromatic nitrogens is 1. The molecule has 2 N–H and O–H groups in total. The number of rotatable bonds is 1. The van der Waals surface area contributed by atoms with Gasteiger partial charge in [-0.15, -0.1) is 12.4 Å². The number of primary amides is 1. The summed E-state index contributed by atoms with van der Waals surface area (Å²) in [6.07, 6.45) is 3.36. The van der Waals surface area contributed by atoms with Gasteiger partial charge in [0.15, 0.2) is 0 Å². The average molecular weight is 209 g/mol. The molecule has 1 aromatic carbocycles. The highest BCUT2D eigenvalue weighted by atomic mass is 35.5. The van der Waals surface area contributed by atoms with E-state index in [4.69, 9.17) is 5.73 Å². The quantitative estimate of drug-likeness (QED) is 0.777. The van der Waals surface area contributed by atoms with Crippen LogP contribution >= 0.6 is 12.4 Å². The second-order valence-corrected chi connectivity index (χ2v) is 2.77. The van der Waals surface area contributed by atoms with Crippen LogP contribution in [0.3, 0.4) is 0 Å². The van der Waals surface area contributed by atoms with E-state index < -0.39 is 5.91 Å². The van der Waals surface area contributed by atoms with Crippen molar-refractivity contribution in [3.05, 3.63) is 42.2 Å². The van der Waals surface area contributed by atoms with Gasteiger partial charge in [0.25, 0.3) is 0 Å². The first-order valence-electron chi connectivity index (χ1n) is 3.91. The molecule has 2 aromatic rings. The molecule has 1 heterocycles. The van der Waals surface area contributed by atoms with Crippen molar-refractivity contribution in [2.45, 2.75) is 0 Å². The van der Waals surface area contributed by atoms with Gasteiger partial charge in [0, 0.05) is 23.3 Å². The topological polar surface area (TPSA) is 56.0 Å². The highest BCUT2D eigenvalue weighted by Gasteiger charge is 2.04. The number of hydrogen-bond donors (Lipinski definition) is 1. The molecule has 0 aliphatic carbocycles. The van der Waals surface area contributed by atoms with Crippen LogP contribution < -0.4 is 5.73 Å². The number of pyridine rings is 1. The summed E-state index contributed by atoms with van der Waals surface area (Å²) < 4.78 is 0. The number of benzene rings is 1. The van der Waals surface area contributed by atoms with Gasteiger partial charge in [0.1, 0.15) is 0 Å². The molecule has 0 fully saturated rings. The number of amides is 1. The molecule has 0 unspecified atom stereocenters. The van der Waals surface area contributed by atoms with Crippen LogP contribution in [0.15, 0.2) is 36.7 Å². The van der Waals surface area contributed by atoms with Gasteiger partial charge in [-0.25, -0.2) is 0 Å². The molecular weight excluding hydrogens is 200 g/mol. The SMILES string of the molecule is Cl.NC(=O)c1cccc2cnccc12. The Morgan fingerprint density at radius 2 is 2.07 bits per heavy atom. The van der Waals surface area contributed by atoms with Crippen LogP contribution in [0, 0.1) is 0 Å². The number of nitrogens with zero attached hydrogens (tertiary/aromatic N) is 1. The van der Waals surface area contributed by atoms with Crippen molar-refractivity contribution in [1.29, 1.82) is 0 Å². The van der Waals surface area contributed by atoms with Gasteiger partial charge in [-0.2, -0.15) is 0 Å². The van der Waals surface area contributed by atoms with Crippen LogP contribution in [0.1, 0.15) is 10.4 Å². The smallest absolute Gasteiger partial charge is 0.249 e. The van der Waals surface area contributed by atoms with E-state index in [9.17, 15) is 4.79 Å². The van der Waals surface area contributed by atoms with Crippen molar-refractivity contribution in [1.82, 2.24) is 4.98 Å². The summed E-state index contributed by atoms with van der Waals surface area (Å²) in [6.45, 7) is 0. The van der Waals surface area contributed by atoms with E-state index in [2.05, 4.69) is 4.98 Å². The summed E-state index contributed by atoms with van der Waals surface area (Å²) in [5.41, 5.74) is 5.76. The summed E-state index contributed by atoms with van der Waals surface area (Å²) in [6, 6.07) is 7.19. The van der Waals surface area contributed by atoms with Crippen molar-refractivity contribution in [2.24, 2.45) is 5.73 Å². The van der Waals surface area contributed by atoms with Crippen LogP contribution in [0.4, 0.5) is 0 Å². The van der Waals surface area contributed by atoms with Crippen LogP contribution in [0.5, 0.6) is 0 Å². The minimum Gasteiger partial charge on any atom is -0.366 e. The molecule has 0 saturated carbocycles. The lowest BCUT2D eigenvalue weighted by Gasteiger charge is -2.00. The van der Waals surface area contributed by atoms with E-state index >= 15 is 0 Å². The molecule has 1 amide bonds. The first-order valence-corrected chi connectivity index (χ1v) is 3.91. The van der Waals surface area contributed by atoms with Gasteiger partial charge in [0.2, 0.25) is 5.91 Å². The fourth-order valence-corrected chi connectivity index (χ4v) is 1.34. The second kappa shape index (κ2) is 4.07. The minimum atomic E-state index is -0.406. The molecule has 0 atom stereocenters. The highest BCUT2D eigenvalue weighted by Crippen LogP contribution is 2.16. The van der Waals surface area contributed by atoms with E-state index in [1.165, 1.54) is 0 Å².